The van der Waals surface area contributed by atoms with Crippen molar-refractivity contribution in [3.05, 3.63) is 155 Å². The SMILES string of the molecule is NCCCC[C@@H]1NC(=O)CCOCc2cccc(c2)COC[C@@H](C(N)=O)NC(=O)[C@@H]2CCCN2C(O)[C@H](Cc2ccc(O)cc2)NC(=O)[C@H](Cc2c[nH]cn2)NC(=O)[C@H](CC(=O)O)NC(=O)[C@H](Cc2c[nH]c3ccc(F)cc23)NC(=O)[C@H](Cc2c[nH]c3ccc(F)cc23)NC(=O)CNC1=O. The lowest BCUT2D eigenvalue weighted by Crippen LogP contribution is -2.62. The topological polar surface area (TPSA) is 462 Å². The number of carbonyl (C=O) groups is 10. The second-order valence-corrected chi connectivity index (χ2v) is 24.6. The van der Waals surface area contributed by atoms with E-state index in [0.29, 0.717) is 57.9 Å². The summed E-state index contributed by atoms with van der Waals surface area (Å²) in [6.45, 7) is -0.847. The number of aromatic hydroxyl groups is 1. The third-order valence-corrected chi connectivity index (χ3v) is 17.2. The molecule has 2 aliphatic rings. The number of aliphatic hydroxyl groups is 1. The fourth-order valence-corrected chi connectivity index (χ4v) is 12.0. The Labute approximate surface area is 571 Å². The van der Waals surface area contributed by atoms with Crippen molar-refractivity contribution in [2.45, 2.75) is 138 Å². The van der Waals surface area contributed by atoms with Crippen LogP contribution in [0, 0.1) is 11.6 Å². The van der Waals surface area contributed by atoms with Gasteiger partial charge in [0.15, 0.2) is 0 Å². The van der Waals surface area contributed by atoms with Gasteiger partial charge in [0.1, 0.15) is 59.9 Å². The molecule has 9 amide bonds. The molecule has 9 rings (SSSR count). The molecule has 0 spiro atoms. The summed E-state index contributed by atoms with van der Waals surface area (Å²) in [6, 6.07) is 8.29. The molecule has 0 aliphatic carbocycles. The zero-order chi connectivity index (χ0) is 71.4. The number of aliphatic hydroxyl groups excluding tert-OH is 1. The average molecular weight is 1390 g/mol. The molecule has 3 aromatic heterocycles. The standard InChI is InChI=1S/C68H81F2N15O15/c69-42-11-15-48-46(25-42)40(29-74-48)23-51-63(93)80-52(24-41-30-75-49-16-12-43(70)26-47(41)49)64(94)82-54(28-60(89)90)66(96)81-53(27-44-31-73-36-77-44)65(95)83-55(22-37-9-13-45(86)14-10-37)68(98)85-19-4-8-57(85)67(97)84-56(61(72)91)35-100-34-39-6-3-5-38(21-39)33-99-20-17-58(87)78-50(7-1-2-18-71)62(92)76-32-59(88)79-51/h3,5-6,9-16,21,25-26,29-31,36,50-57,68,74-75,86,98H,1-2,4,7-8,17-20,22-24,27-28,32-35,71H2,(H2,72,91)(H,73,77)(H,76,92)(H,78,87)(H,79,88)(H,80,93)(H,81,96)(H,82,94)(H,83,95)(H,84,97)(H,89,90)/t50-,51-,52-,53-,54-,55-,56-,57-,68?/m0/s1. The number of nitrogens with zero attached hydrogens (tertiary/aromatic N) is 2. The Bertz CT molecular complexity index is 4040. The Kier molecular flexibility index (Phi) is 25.9. The molecule has 1 fully saturated rings. The number of rotatable bonds is 15. The summed E-state index contributed by atoms with van der Waals surface area (Å²) < 4.78 is 41.5. The average Bonchev–Trinajstić information content (AvgIpc) is 1.64. The van der Waals surface area contributed by atoms with Gasteiger partial charge in [-0.05, 0) is 121 Å². The number of amides is 9. The summed E-state index contributed by atoms with van der Waals surface area (Å²) in [7, 11) is 0. The second-order valence-electron chi connectivity index (χ2n) is 24.6. The summed E-state index contributed by atoms with van der Waals surface area (Å²) in [5, 5.41) is 54.3. The normalized spacial score (nSPS) is 23.0. The minimum Gasteiger partial charge on any atom is -0.508 e. The first-order valence-electron chi connectivity index (χ1n) is 32.6. The number of H-pyrrole nitrogens is 3. The van der Waals surface area contributed by atoms with Crippen molar-refractivity contribution in [1.82, 2.24) is 67.4 Å². The predicted molar refractivity (Wildman–Crippen MR) is 355 cm³/mol. The number of benzene rings is 4. The number of fused-ring (bicyclic) bond motifs is 5. The molecular weight excluding hydrogens is 1300 g/mol. The first kappa shape index (κ1) is 73.6. The molecule has 2 bridgehead atoms. The van der Waals surface area contributed by atoms with Gasteiger partial charge >= 0.3 is 5.97 Å². The lowest BCUT2D eigenvalue weighted by Gasteiger charge is -2.35. The van der Waals surface area contributed by atoms with E-state index < -0.39 is 145 Å². The Morgan fingerprint density at radius 2 is 1.24 bits per heavy atom. The van der Waals surface area contributed by atoms with E-state index in [2.05, 4.69) is 62.5 Å². The summed E-state index contributed by atoms with van der Waals surface area (Å²) in [5.74, 6) is -11.4. The van der Waals surface area contributed by atoms with Gasteiger partial charge in [-0.15, -0.1) is 0 Å². The maximum Gasteiger partial charge on any atom is 0.305 e. The first-order valence-corrected chi connectivity index (χ1v) is 32.6. The maximum atomic E-state index is 15.0. The molecule has 2 aliphatic heterocycles. The highest BCUT2D eigenvalue weighted by atomic mass is 19.1. The zero-order valence-electron chi connectivity index (χ0n) is 54.4. The molecule has 4 aromatic carbocycles. The summed E-state index contributed by atoms with van der Waals surface area (Å²) >= 11 is 0. The fourth-order valence-electron chi connectivity index (χ4n) is 12.0. The number of carbonyl (C=O) groups excluding carboxylic acids is 9. The van der Waals surface area contributed by atoms with Crippen molar-refractivity contribution in [2.75, 3.05) is 32.8 Å². The number of phenols is 1. The second kappa shape index (κ2) is 35.2. The summed E-state index contributed by atoms with van der Waals surface area (Å²) in [4.78, 5) is 155. The third-order valence-electron chi connectivity index (χ3n) is 17.2. The fraction of sp³-hybridized carbons (Fsp3) is 0.397. The van der Waals surface area contributed by atoms with E-state index >= 15 is 9.59 Å². The van der Waals surface area contributed by atoms with Crippen molar-refractivity contribution in [3.8, 4) is 5.75 Å². The van der Waals surface area contributed by atoms with Crippen LogP contribution in [0.3, 0.4) is 0 Å². The van der Waals surface area contributed by atoms with E-state index in [0.717, 1.165) is 6.07 Å². The monoisotopic (exact) mass is 1390 g/mol. The van der Waals surface area contributed by atoms with E-state index in [1.807, 2.05) is 0 Å². The van der Waals surface area contributed by atoms with E-state index in [1.165, 1.54) is 84.4 Å². The van der Waals surface area contributed by atoms with E-state index in [4.69, 9.17) is 20.9 Å². The molecule has 1 unspecified atom stereocenters. The van der Waals surface area contributed by atoms with E-state index in [1.54, 1.807) is 24.3 Å². The lowest BCUT2D eigenvalue weighted by atomic mass is 10.0. The molecule has 1 saturated heterocycles. The number of hydrogen-bond donors (Lipinski definition) is 16. The van der Waals surface area contributed by atoms with Gasteiger partial charge < -0.3 is 93.7 Å². The Hall–Kier alpha value is -10.7. The minimum atomic E-state index is -2.04. The van der Waals surface area contributed by atoms with Crippen LogP contribution < -0.4 is 54.0 Å². The van der Waals surface area contributed by atoms with Crippen LogP contribution in [0.4, 0.5) is 8.78 Å². The van der Waals surface area contributed by atoms with Gasteiger partial charge in [-0.2, -0.15) is 0 Å². The Balaban J connectivity index is 1.05. The van der Waals surface area contributed by atoms with Gasteiger partial charge in [-0.3, -0.25) is 52.8 Å². The molecular formula is C68H81F2N15O15. The molecule has 9 atom stereocenters. The van der Waals surface area contributed by atoms with Crippen LogP contribution in [-0.2, 0) is 96.3 Å². The number of imidazole rings is 1. The van der Waals surface area contributed by atoms with E-state index in [9.17, 15) is 62.5 Å². The van der Waals surface area contributed by atoms with Crippen LogP contribution in [0.5, 0.6) is 5.75 Å². The van der Waals surface area contributed by atoms with Crippen LogP contribution in [0.1, 0.15) is 78.5 Å². The van der Waals surface area contributed by atoms with Gasteiger partial charge in [0, 0.05) is 72.6 Å². The molecule has 532 valence electrons. The minimum absolute atomic E-state index is 0.0463. The van der Waals surface area contributed by atoms with Crippen molar-refractivity contribution in [2.24, 2.45) is 11.5 Å². The van der Waals surface area contributed by atoms with Crippen LogP contribution in [0.2, 0.25) is 0 Å². The number of nitrogens with one attached hydrogen (secondary N) is 11. The molecule has 30 nitrogen and oxygen atoms in total. The first-order chi connectivity index (χ1) is 48.1. The Morgan fingerprint density at radius 1 is 0.640 bits per heavy atom. The number of aromatic nitrogens is 4. The van der Waals surface area contributed by atoms with Gasteiger partial charge in [-0.25, -0.2) is 13.8 Å². The number of carboxylic acid groups (broad SMARTS) is 1. The number of carboxylic acids is 1. The van der Waals surface area contributed by atoms with Crippen molar-refractivity contribution < 1.29 is 81.5 Å². The van der Waals surface area contributed by atoms with Gasteiger partial charge in [0.2, 0.25) is 53.2 Å². The molecule has 18 N–H and O–H groups in total. The van der Waals surface area contributed by atoms with Crippen molar-refractivity contribution in [1.29, 1.82) is 0 Å². The molecule has 0 radical (unpaired) electrons. The smallest absolute Gasteiger partial charge is 0.305 e. The highest BCUT2D eigenvalue weighted by Gasteiger charge is 2.41. The number of hydrogen-bond acceptors (Lipinski definition) is 17. The zero-order valence-corrected chi connectivity index (χ0v) is 54.4. The number of nitrogens with two attached hydrogens (primary N) is 2. The number of aromatic amines is 3. The van der Waals surface area contributed by atoms with E-state index in [-0.39, 0.29) is 100 Å². The third kappa shape index (κ3) is 20.7. The van der Waals surface area contributed by atoms with Crippen LogP contribution >= 0.6 is 0 Å². The van der Waals surface area contributed by atoms with Crippen LogP contribution in [-0.4, -0.2) is 187 Å². The molecule has 100 heavy (non-hydrogen) atoms. The summed E-state index contributed by atoms with van der Waals surface area (Å²) in [5.41, 5.74) is 14.9. The van der Waals surface area contributed by atoms with Gasteiger partial charge in [0.05, 0.1) is 63.5 Å². The van der Waals surface area contributed by atoms with Crippen molar-refractivity contribution in [3.63, 3.8) is 0 Å². The number of ether oxygens (including phenoxy) is 2. The molecule has 5 heterocycles. The van der Waals surface area contributed by atoms with Gasteiger partial charge in [0.25, 0.3) is 0 Å². The van der Waals surface area contributed by atoms with Crippen molar-refractivity contribution >= 4 is 80.9 Å². The predicted octanol–water partition coefficient (Wildman–Crippen LogP) is 0.145. The number of aliphatic carboxylic acids is 1. The number of halogens is 2. The number of phenolic OH excluding ortho intramolecular Hbond substituents is 1. The maximum absolute atomic E-state index is 15.0. The molecule has 0 saturated carbocycles. The highest BCUT2D eigenvalue weighted by Crippen LogP contribution is 2.26. The van der Waals surface area contributed by atoms with Gasteiger partial charge in [-0.1, -0.05) is 36.4 Å². The number of unbranched alkanes of at least 4 members (excludes halogenated alkanes) is 1. The quantitative estimate of drug-likeness (QED) is 0.0607. The van der Waals surface area contributed by atoms with Crippen LogP contribution in [0.15, 0.2) is 110 Å². The molecule has 7 aromatic rings. The molecule has 32 heteroatoms. The highest BCUT2D eigenvalue weighted by molar-refractivity contribution is 5.99. The summed E-state index contributed by atoms with van der Waals surface area (Å²) in [6.07, 6.45) is 2.70. The Morgan fingerprint density at radius 3 is 1.86 bits per heavy atom. The lowest BCUT2D eigenvalue weighted by molar-refractivity contribution is -0.141. The van der Waals surface area contributed by atoms with Crippen LogP contribution in [0.25, 0.3) is 21.8 Å². The largest absolute Gasteiger partial charge is 0.508 e. The number of primary amides is 1.